The minimum absolute atomic E-state index is 0.123. The minimum Gasteiger partial charge on any atom is -0.492 e. The van der Waals surface area contributed by atoms with Gasteiger partial charge in [-0.2, -0.15) is 0 Å². The molecule has 0 radical (unpaired) electrons. The van der Waals surface area contributed by atoms with E-state index in [1.165, 1.54) is 6.20 Å². The molecule has 2 aromatic rings. The molecule has 1 amide bonds. The smallest absolute Gasteiger partial charge is 0.242 e. The number of pyridine rings is 1. The predicted molar refractivity (Wildman–Crippen MR) is 91.9 cm³/mol. The average molecular weight is 334 g/mol. The molecule has 1 aromatic carbocycles. The maximum absolute atomic E-state index is 12.2. The first-order valence-corrected chi connectivity index (χ1v) is 7.74. The predicted octanol–water partition coefficient (Wildman–Crippen LogP) is 3.07. The van der Waals surface area contributed by atoms with E-state index in [1.807, 2.05) is 49.2 Å². The van der Waals surface area contributed by atoms with Gasteiger partial charge in [-0.05, 0) is 38.2 Å². The molecule has 0 bridgehead atoms. The molecule has 0 saturated heterocycles. The summed E-state index contributed by atoms with van der Waals surface area (Å²) in [6.45, 7) is 2.99. The van der Waals surface area contributed by atoms with Gasteiger partial charge in [0.05, 0.1) is 11.1 Å². The number of aromatic nitrogens is 1. The lowest BCUT2D eigenvalue weighted by molar-refractivity contribution is -0.120. The Bertz CT molecular complexity index is 619. The number of carbonyl (C=O) groups is 1. The minimum atomic E-state index is -0.299. The number of nitrogens with zero attached hydrogens (tertiary/aromatic N) is 2. The van der Waals surface area contributed by atoms with Gasteiger partial charge in [0.2, 0.25) is 5.91 Å². The van der Waals surface area contributed by atoms with E-state index in [-0.39, 0.29) is 11.9 Å². The molecule has 0 fully saturated rings. The van der Waals surface area contributed by atoms with Crippen molar-refractivity contribution in [1.29, 1.82) is 0 Å². The Balaban J connectivity index is 1.78. The highest BCUT2D eigenvalue weighted by molar-refractivity contribution is 6.30. The van der Waals surface area contributed by atoms with Crippen LogP contribution >= 0.6 is 11.6 Å². The third kappa shape index (κ3) is 5.54. The molecule has 1 aromatic heterocycles. The van der Waals surface area contributed by atoms with E-state index >= 15 is 0 Å². The highest BCUT2D eigenvalue weighted by atomic mass is 35.5. The summed E-state index contributed by atoms with van der Waals surface area (Å²) < 4.78 is 5.64. The van der Waals surface area contributed by atoms with Crippen LogP contribution < -0.4 is 10.1 Å². The number of hydrogen-bond donors (Lipinski definition) is 1. The van der Waals surface area contributed by atoms with Crippen molar-refractivity contribution in [3.63, 3.8) is 0 Å². The first kappa shape index (κ1) is 17.2. The zero-order valence-electron chi connectivity index (χ0n) is 13.2. The summed E-state index contributed by atoms with van der Waals surface area (Å²) in [5, 5.41) is 3.30. The molecule has 2 rings (SSSR count). The van der Waals surface area contributed by atoms with Crippen LogP contribution in [0.5, 0.6) is 5.75 Å². The Labute approximate surface area is 141 Å². The van der Waals surface area contributed by atoms with Gasteiger partial charge in [0.1, 0.15) is 18.2 Å². The van der Waals surface area contributed by atoms with E-state index in [1.54, 1.807) is 12.1 Å². The highest BCUT2D eigenvalue weighted by Crippen LogP contribution is 2.11. The van der Waals surface area contributed by atoms with E-state index in [2.05, 4.69) is 10.3 Å². The van der Waals surface area contributed by atoms with Gasteiger partial charge >= 0.3 is 0 Å². The first-order valence-electron chi connectivity index (χ1n) is 7.37. The summed E-state index contributed by atoms with van der Waals surface area (Å²) in [5.74, 6) is 1.19. The molecule has 1 atom stereocenters. The lowest BCUT2D eigenvalue weighted by Crippen LogP contribution is -2.41. The Morgan fingerprint density at radius 3 is 2.70 bits per heavy atom. The van der Waals surface area contributed by atoms with E-state index in [0.717, 1.165) is 5.75 Å². The summed E-state index contributed by atoms with van der Waals surface area (Å²) in [6.07, 6.45) is 1.50. The number of halogens is 1. The number of ether oxygens (including phenoxy) is 1. The van der Waals surface area contributed by atoms with Gasteiger partial charge in [0.15, 0.2) is 0 Å². The standard InChI is InChI=1S/C17H20ClN3O2/c1-13(17(22)20-16-9-8-14(18)12-19-16)21(2)10-11-23-15-6-4-3-5-7-15/h3-9,12-13H,10-11H2,1-2H3,(H,19,20,22)/t13-/m0/s1. The SMILES string of the molecule is C[C@@H](C(=O)Nc1ccc(Cl)cn1)N(C)CCOc1ccccc1. The fourth-order valence-electron chi connectivity index (χ4n) is 1.90. The Morgan fingerprint density at radius 1 is 1.30 bits per heavy atom. The Kier molecular flexibility index (Phi) is 6.38. The second kappa shape index (κ2) is 8.50. The summed E-state index contributed by atoms with van der Waals surface area (Å²) in [4.78, 5) is 18.2. The van der Waals surface area contributed by atoms with E-state index in [0.29, 0.717) is 24.0 Å². The van der Waals surface area contributed by atoms with Crippen molar-refractivity contribution in [3.05, 3.63) is 53.7 Å². The van der Waals surface area contributed by atoms with Crippen LogP contribution in [-0.4, -0.2) is 42.0 Å². The fourth-order valence-corrected chi connectivity index (χ4v) is 2.01. The maximum atomic E-state index is 12.2. The number of hydrogen-bond acceptors (Lipinski definition) is 4. The van der Waals surface area contributed by atoms with E-state index in [9.17, 15) is 4.79 Å². The molecule has 0 saturated carbocycles. The number of para-hydroxylation sites is 1. The van der Waals surface area contributed by atoms with Crippen molar-refractivity contribution in [1.82, 2.24) is 9.88 Å². The van der Waals surface area contributed by atoms with Crippen LogP contribution in [0.25, 0.3) is 0 Å². The van der Waals surface area contributed by atoms with Gasteiger partial charge in [-0.25, -0.2) is 4.98 Å². The van der Waals surface area contributed by atoms with Crippen LogP contribution in [0.4, 0.5) is 5.82 Å². The number of amides is 1. The van der Waals surface area contributed by atoms with Crippen molar-refractivity contribution in [2.75, 3.05) is 25.5 Å². The number of carbonyl (C=O) groups excluding carboxylic acids is 1. The van der Waals surface area contributed by atoms with Gasteiger partial charge in [0.25, 0.3) is 0 Å². The molecule has 0 unspecified atom stereocenters. The lowest BCUT2D eigenvalue weighted by Gasteiger charge is -2.23. The second-order valence-corrected chi connectivity index (χ2v) is 5.61. The third-order valence-electron chi connectivity index (χ3n) is 3.48. The normalized spacial score (nSPS) is 12.0. The molecule has 6 heteroatoms. The average Bonchev–Trinajstić information content (AvgIpc) is 2.57. The van der Waals surface area contributed by atoms with Crippen molar-refractivity contribution in [3.8, 4) is 5.75 Å². The van der Waals surface area contributed by atoms with Crippen LogP contribution in [0.3, 0.4) is 0 Å². The van der Waals surface area contributed by atoms with Crippen LogP contribution in [-0.2, 0) is 4.79 Å². The van der Waals surface area contributed by atoms with Crippen LogP contribution in [0.15, 0.2) is 48.7 Å². The summed E-state index contributed by atoms with van der Waals surface area (Å²) in [5.41, 5.74) is 0. The molecular weight excluding hydrogens is 314 g/mol. The third-order valence-corrected chi connectivity index (χ3v) is 3.70. The molecule has 0 aliphatic rings. The monoisotopic (exact) mass is 333 g/mol. The Hall–Kier alpha value is -2.11. The molecule has 0 aliphatic heterocycles. The van der Waals surface area contributed by atoms with Crippen LogP contribution in [0.1, 0.15) is 6.92 Å². The van der Waals surface area contributed by atoms with Crippen molar-refractivity contribution in [2.45, 2.75) is 13.0 Å². The molecule has 0 spiro atoms. The lowest BCUT2D eigenvalue weighted by atomic mass is 10.2. The number of nitrogens with one attached hydrogen (secondary N) is 1. The van der Waals surface area contributed by atoms with Gasteiger partial charge in [-0.1, -0.05) is 29.8 Å². The van der Waals surface area contributed by atoms with Crippen LogP contribution in [0, 0.1) is 0 Å². The number of benzene rings is 1. The molecule has 0 aliphatic carbocycles. The number of rotatable bonds is 7. The zero-order valence-corrected chi connectivity index (χ0v) is 14.0. The first-order chi connectivity index (χ1) is 11.1. The van der Waals surface area contributed by atoms with Gasteiger partial charge in [-0.3, -0.25) is 9.69 Å². The molecular formula is C17H20ClN3O2. The largest absolute Gasteiger partial charge is 0.492 e. The molecule has 1 heterocycles. The number of anilines is 1. The van der Waals surface area contributed by atoms with Gasteiger partial charge in [-0.15, -0.1) is 0 Å². The van der Waals surface area contributed by atoms with Crippen LogP contribution in [0.2, 0.25) is 5.02 Å². The van der Waals surface area contributed by atoms with Gasteiger partial charge < -0.3 is 10.1 Å². The van der Waals surface area contributed by atoms with Crippen molar-refractivity contribution < 1.29 is 9.53 Å². The summed E-state index contributed by atoms with van der Waals surface area (Å²) in [6, 6.07) is 12.7. The van der Waals surface area contributed by atoms with E-state index < -0.39 is 0 Å². The summed E-state index contributed by atoms with van der Waals surface area (Å²) in [7, 11) is 1.88. The fraction of sp³-hybridized carbons (Fsp3) is 0.294. The van der Waals surface area contributed by atoms with E-state index in [4.69, 9.17) is 16.3 Å². The van der Waals surface area contributed by atoms with Gasteiger partial charge in [0, 0.05) is 12.7 Å². The van der Waals surface area contributed by atoms with Crippen molar-refractivity contribution in [2.24, 2.45) is 0 Å². The molecule has 23 heavy (non-hydrogen) atoms. The topological polar surface area (TPSA) is 54.5 Å². The number of likely N-dealkylation sites (N-methyl/N-ethyl adjacent to an activating group) is 1. The van der Waals surface area contributed by atoms with Crippen molar-refractivity contribution >= 4 is 23.3 Å². The maximum Gasteiger partial charge on any atom is 0.242 e. The quantitative estimate of drug-likeness (QED) is 0.846. The molecule has 122 valence electrons. The highest BCUT2D eigenvalue weighted by Gasteiger charge is 2.18. The Morgan fingerprint density at radius 2 is 2.04 bits per heavy atom. The zero-order chi connectivity index (χ0) is 16.7. The molecule has 1 N–H and O–H groups in total. The molecule has 5 nitrogen and oxygen atoms in total. The summed E-state index contributed by atoms with van der Waals surface area (Å²) >= 11 is 5.77. The second-order valence-electron chi connectivity index (χ2n) is 5.17.